The summed E-state index contributed by atoms with van der Waals surface area (Å²) in [5, 5.41) is 1.32. The quantitative estimate of drug-likeness (QED) is 0.680. The largest absolute Gasteiger partial charge is 0.460 e. The highest BCUT2D eigenvalue weighted by molar-refractivity contribution is 6.31. The molecule has 0 aliphatic heterocycles. The molecule has 4 heteroatoms. The van der Waals surface area contributed by atoms with Crippen LogP contribution in [0.4, 0.5) is 0 Å². The smallest absolute Gasteiger partial charge is 0.308 e. The topological polar surface area (TPSA) is 39.4 Å². The van der Waals surface area contributed by atoms with E-state index < -0.39 is 0 Å². The molecule has 0 unspecified atom stereocenters. The van der Waals surface area contributed by atoms with E-state index in [9.17, 15) is 4.79 Å². The summed E-state index contributed by atoms with van der Waals surface area (Å²) in [6, 6.07) is 5.13. The van der Waals surface area contributed by atoms with Crippen LogP contribution < -0.4 is 4.74 Å². The molecule has 1 heterocycles. The number of esters is 1. The van der Waals surface area contributed by atoms with Crippen LogP contribution in [0.2, 0.25) is 5.02 Å². The maximum Gasteiger partial charge on any atom is 0.308 e. The first-order valence-corrected chi connectivity index (χ1v) is 4.40. The predicted octanol–water partition coefficient (Wildman–Crippen LogP) is 3.01. The monoisotopic (exact) mass is 210 g/mol. The molecule has 0 aliphatic rings. The van der Waals surface area contributed by atoms with Crippen molar-refractivity contribution in [2.24, 2.45) is 0 Å². The molecule has 1 aromatic carbocycles. The van der Waals surface area contributed by atoms with Gasteiger partial charge in [0.25, 0.3) is 0 Å². The van der Waals surface area contributed by atoms with Crippen molar-refractivity contribution >= 4 is 28.5 Å². The summed E-state index contributed by atoms with van der Waals surface area (Å²) in [5.41, 5.74) is 0.605. The fourth-order valence-electron chi connectivity index (χ4n) is 1.21. The first kappa shape index (κ1) is 9.09. The van der Waals surface area contributed by atoms with Crippen molar-refractivity contribution in [1.82, 2.24) is 0 Å². The Kier molecular flexibility index (Phi) is 2.17. The first-order chi connectivity index (χ1) is 6.66. The molecule has 0 aliphatic carbocycles. The normalized spacial score (nSPS) is 10.4. The number of hydrogen-bond donors (Lipinski definition) is 0. The molecule has 2 aromatic rings. The Morgan fingerprint density at radius 2 is 2.29 bits per heavy atom. The van der Waals surface area contributed by atoms with Crippen LogP contribution in [0.25, 0.3) is 11.0 Å². The molecule has 72 valence electrons. The number of halogens is 1. The average molecular weight is 211 g/mol. The van der Waals surface area contributed by atoms with Gasteiger partial charge in [0.1, 0.15) is 11.8 Å². The van der Waals surface area contributed by atoms with Gasteiger partial charge in [-0.15, -0.1) is 0 Å². The van der Waals surface area contributed by atoms with Crippen LogP contribution in [0.5, 0.6) is 5.75 Å². The second kappa shape index (κ2) is 3.35. The van der Waals surface area contributed by atoms with Gasteiger partial charge in [-0.25, -0.2) is 0 Å². The molecule has 3 nitrogen and oxygen atoms in total. The zero-order valence-corrected chi connectivity index (χ0v) is 8.17. The summed E-state index contributed by atoms with van der Waals surface area (Å²) < 4.78 is 10.1. The molecule has 0 N–H and O–H groups in total. The van der Waals surface area contributed by atoms with Crippen molar-refractivity contribution in [2.45, 2.75) is 6.92 Å². The summed E-state index contributed by atoms with van der Waals surface area (Å²) >= 11 is 5.77. The van der Waals surface area contributed by atoms with Gasteiger partial charge in [0.15, 0.2) is 5.75 Å². The fourth-order valence-corrected chi connectivity index (χ4v) is 1.37. The molecule has 0 fully saturated rings. The van der Waals surface area contributed by atoms with Gasteiger partial charge >= 0.3 is 5.97 Å². The molecule has 0 atom stereocenters. The second-order valence-electron chi connectivity index (χ2n) is 2.83. The van der Waals surface area contributed by atoms with Crippen LogP contribution >= 0.6 is 11.6 Å². The van der Waals surface area contributed by atoms with Crippen molar-refractivity contribution in [1.29, 1.82) is 0 Å². The van der Waals surface area contributed by atoms with E-state index >= 15 is 0 Å². The van der Waals surface area contributed by atoms with E-state index in [1.165, 1.54) is 13.2 Å². The van der Waals surface area contributed by atoms with Crippen molar-refractivity contribution in [2.75, 3.05) is 0 Å². The summed E-state index contributed by atoms with van der Waals surface area (Å²) in [6.07, 6.45) is 1.39. The van der Waals surface area contributed by atoms with Crippen LogP contribution in [-0.2, 0) is 4.79 Å². The average Bonchev–Trinajstić information content (AvgIpc) is 2.47. The minimum atomic E-state index is -0.373. The lowest BCUT2D eigenvalue weighted by atomic mass is 10.2. The molecule has 0 radical (unpaired) electrons. The maximum atomic E-state index is 10.7. The number of benzene rings is 1. The Morgan fingerprint density at radius 1 is 1.50 bits per heavy atom. The zero-order valence-electron chi connectivity index (χ0n) is 7.41. The van der Waals surface area contributed by atoms with Gasteiger partial charge in [-0.2, -0.15) is 0 Å². The first-order valence-electron chi connectivity index (χ1n) is 4.02. The van der Waals surface area contributed by atoms with Gasteiger partial charge < -0.3 is 9.15 Å². The molecular formula is C10H7ClO3. The van der Waals surface area contributed by atoms with E-state index in [1.54, 1.807) is 18.2 Å². The SMILES string of the molecule is CC(=O)Oc1coc2cc(Cl)ccc12. The van der Waals surface area contributed by atoms with E-state index in [-0.39, 0.29) is 5.97 Å². The highest BCUT2D eigenvalue weighted by atomic mass is 35.5. The standard InChI is InChI=1S/C10H7ClO3/c1-6(12)14-10-5-13-9-4-7(11)2-3-8(9)10/h2-5H,1H3. The lowest BCUT2D eigenvalue weighted by molar-refractivity contribution is -0.131. The second-order valence-corrected chi connectivity index (χ2v) is 3.27. The van der Waals surface area contributed by atoms with Gasteiger partial charge in [-0.1, -0.05) is 11.6 Å². The Morgan fingerprint density at radius 3 is 3.00 bits per heavy atom. The number of fused-ring (bicyclic) bond motifs is 1. The highest BCUT2D eigenvalue weighted by Gasteiger charge is 2.08. The van der Waals surface area contributed by atoms with Crippen molar-refractivity contribution < 1.29 is 13.9 Å². The molecule has 1 aromatic heterocycles. The molecule has 2 rings (SSSR count). The van der Waals surface area contributed by atoms with E-state index in [0.717, 1.165) is 5.39 Å². The van der Waals surface area contributed by atoms with Crippen LogP contribution in [0.1, 0.15) is 6.92 Å². The Hall–Kier alpha value is -1.48. The Balaban J connectivity index is 2.52. The van der Waals surface area contributed by atoms with Crippen LogP contribution in [0, 0.1) is 0 Å². The van der Waals surface area contributed by atoms with E-state index in [0.29, 0.717) is 16.4 Å². The number of hydrogen-bond acceptors (Lipinski definition) is 3. The highest BCUT2D eigenvalue weighted by Crippen LogP contribution is 2.29. The van der Waals surface area contributed by atoms with Gasteiger partial charge in [-0.3, -0.25) is 4.79 Å². The fraction of sp³-hybridized carbons (Fsp3) is 0.100. The van der Waals surface area contributed by atoms with Crippen molar-refractivity contribution in [3.63, 3.8) is 0 Å². The number of ether oxygens (including phenoxy) is 1. The van der Waals surface area contributed by atoms with Crippen molar-refractivity contribution in [3.05, 3.63) is 29.5 Å². The van der Waals surface area contributed by atoms with E-state index in [2.05, 4.69) is 0 Å². The molecule has 0 bridgehead atoms. The molecule has 0 saturated heterocycles. The minimum absolute atomic E-state index is 0.373. The molecule has 14 heavy (non-hydrogen) atoms. The van der Waals surface area contributed by atoms with Gasteiger partial charge in [0, 0.05) is 18.0 Å². The zero-order chi connectivity index (χ0) is 10.1. The van der Waals surface area contributed by atoms with Gasteiger partial charge in [-0.05, 0) is 12.1 Å². The third-order valence-corrected chi connectivity index (χ3v) is 1.99. The molecule has 0 saturated carbocycles. The molecular weight excluding hydrogens is 204 g/mol. The molecule has 0 amide bonds. The summed E-state index contributed by atoms with van der Waals surface area (Å²) in [4.78, 5) is 10.7. The van der Waals surface area contributed by atoms with Crippen LogP contribution in [0.15, 0.2) is 28.9 Å². The van der Waals surface area contributed by atoms with Crippen LogP contribution in [0.3, 0.4) is 0 Å². The maximum absolute atomic E-state index is 10.7. The molecule has 0 spiro atoms. The Bertz CT molecular complexity index is 487. The predicted molar refractivity (Wildman–Crippen MR) is 52.5 cm³/mol. The summed E-state index contributed by atoms with van der Waals surface area (Å²) in [6.45, 7) is 1.34. The lowest BCUT2D eigenvalue weighted by Crippen LogP contribution is -2.00. The lowest BCUT2D eigenvalue weighted by Gasteiger charge is -1.96. The minimum Gasteiger partial charge on any atom is -0.460 e. The number of rotatable bonds is 1. The van der Waals surface area contributed by atoms with Crippen molar-refractivity contribution in [3.8, 4) is 5.75 Å². The van der Waals surface area contributed by atoms with Gasteiger partial charge in [0.05, 0.1) is 5.39 Å². The number of furan rings is 1. The summed E-state index contributed by atoms with van der Waals surface area (Å²) in [5.74, 6) is 0.0480. The Labute approximate surface area is 85.2 Å². The van der Waals surface area contributed by atoms with E-state index in [4.69, 9.17) is 20.8 Å². The number of carbonyl (C=O) groups is 1. The third-order valence-electron chi connectivity index (χ3n) is 1.76. The number of carbonyl (C=O) groups excluding carboxylic acids is 1. The third kappa shape index (κ3) is 1.59. The van der Waals surface area contributed by atoms with Gasteiger partial charge in [0.2, 0.25) is 0 Å². The van der Waals surface area contributed by atoms with Crippen LogP contribution in [-0.4, -0.2) is 5.97 Å². The van der Waals surface area contributed by atoms with E-state index in [1.807, 2.05) is 0 Å². The summed E-state index contributed by atoms with van der Waals surface area (Å²) in [7, 11) is 0.